The molecule has 1 atom stereocenters. The minimum absolute atomic E-state index is 0.131. The Bertz CT molecular complexity index is 668. The zero-order chi connectivity index (χ0) is 14.2. The van der Waals surface area contributed by atoms with E-state index in [4.69, 9.17) is 0 Å². The summed E-state index contributed by atoms with van der Waals surface area (Å²) in [5.74, 6) is 0.437. The largest absolute Gasteiger partial charge is 0.384 e. The molecule has 0 aromatic heterocycles. The van der Waals surface area contributed by atoms with Crippen LogP contribution in [0.4, 0.5) is 15.8 Å². The van der Waals surface area contributed by atoms with Crippen LogP contribution in [0.15, 0.2) is 42.5 Å². The van der Waals surface area contributed by atoms with Crippen molar-refractivity contribution >= 4 is 11.4 Å². The lowest BCUT2D eigenvalue weighted by Crippen LogP contribution is -2.23. The first kappa shape index (κ1) is 12.7. The van der Waals surface area contributed by atoms with Gasteiger partial charge in [-0.1, -0.05) is 24.3 Å². The molecule has 2 aromatic rings. The van der Waals surface area contributed by atoms with Crippen LogP contribution in [0.1, 0.15) is 23.5 Å². The number of nitrogens with zero attached hydrogens (tertiary/aromatic N) is 1. The van der Waals surface area contributed by atoms with Gasteiger partial charge >= 0.3 is 0 Å². The highest BCUT2D eigenvalue weighted by Crippen LogP contribution is 2.35. The van der Waals surface area contributed by atoms with Crippen LogP contribution in [0.5, 0.6) is 0 Å². The average Bonchev–Trinajstić information content (AvgIpc) is 3.09. The predicted molar refractivity (Wildman–Crippen MR) is 84.6 cm³/mol. The van der Waals surface area contributed by atoms with Crippen LogP contribution in [0, 0.1) is 5.82 Å². The van der Waals surface area contributed by atoms with E-state index in [0.717, 1.165) is 38.2 Å². The maximum absolute atomic E-state index is 13.4. The Morgan fingerprint density at radius 3 is 3.05 bits per heavy atom. The number of fused-ring (bicyclic) bond motifs is 2. The molecule has 0 spiro atoms. The van der Waals surface area contributed by atoms with Crippen LogP contribution >= 0.6 is 0 Å². The highest BCUT2D eigenvalue weighted by Gasteiger charge is 2.24. The molecule has 2 nitrogen and oxygen atoms in total. The topological polar surface area (TPSA) is 15.3 Å². The Kier molecular flexibility index (Phi) is 3.06. The number of anilines is 2. The second-order valence-electron chi connectivity index (χ2n) is 5.96. The summed E-state index contributed by atoms with van der Waals surface area (Å²) < 4.78 is 13.4. The second kappa shape index (κ2) is 5.06. The summed E-state index contributed by atoms with van der Waals surface area (Å²) in [6, 6.07) is 13.7. The van der Waals surface area contributed by atoms with E-state index in [1.807, 2.05) is 6.07 Å². The number of halogens is 1. The van der Waals surface area contributed by atoms with Gasteiger partial charge in [-0.15, -0.1) is 0 Å². The van der Waals surface area contributed by atoms with E-state index in [1.54, 1.807) is 12.1 Å². The summed E-state index contributed by atoms with van der Waals surface area (Å²) >= 11 is 0. The van der Waals surface area contributed by atoms with E-state index in [1.165, 1.54) is 16.8 Å². The molecule has 0 saturated heterocycles. The molecule has 2 aromatic carbocycles. The predicted octanol–water partition coefficient (Wildman–Crippen LogP) is 3.79. The first-order valence-electron chi connectivity index (χ1n) is 7.67. The molecular formula is C18H19FN2. The smallest absolute Gasteiger partial charge is 0.125 e. The van der Waals surface area contributed by atoms with E-state index in [-0.39, 0.29) is 5.82 Å². The first-order chi connectivity index (χ1) is 10.3. The fourth-order valence-electron chi connectivity index (χ4n) is 3.58. The number of benzene rings is 2. The Balaban J connectivity index is 1.47. The highest BCUT2D eigenvalue weighted by molar-refractivity contribution is 5.59. The van der Waals surface area contributed by atoms with Gasteiger partial charge in [0.2, 0.25) is 0 Å². The van der Waals surface area contributed by atoms with Crippen molar-refractivity contribution in [3.8, 4) is 0 Å². The van der Waals surface area contributed by atoms with Gasteiger partial charge in [-0.05, 0) is 42.2 Å². The zero-order valence-corrected chi connectivity index (χ0v) is 12.0. The van der Waals surface area contributed by atoms with E-state index >= 15 is 0 Å². The van der Waals surface area contributed by atoms with Gasteiger partial charge < -0.3 is 10.2 Å². The van der Waals surface area contributed by atoms with Crippen molar-refractivity contribution in [1.29, 1.82) is 0 Å². The summed E-state index contributed by atoms with van der Waals surface area (Å²) in [5.41, 5.74) is 5.07. The third-order valence-corrected chi connectivity index (χ3v) is 4.73. The summed E-state index contributed by atoms with van der Waals surface area (Å²) in [5, 5.41) is 3.48. The van der Waals surface area contributed by atoms with Crippen molar-refractivity contribution in [3.63, 3.8) is 0 Å². The van der Waals surface area contributed by atoms with Crippen LogP contribution in [0.3, 0.4) is 0 Å². The number of hydrogen-bond acceptors (Lipinski definition) is 2. The third kappa shape index (κ3) is 2.27. The maximum Gasteiger partial charge on any atom is 0.125 e. The molecule has 0 radical (unpaired) electrons. The molecule has 0 saturated carbocycles. The monoisotopic (exact) mass is 282 g/mol. The number of para-hydroxylation sites is 1. The normalized spacial score (nSPS) is 19.3. The van der Waals surface area contributed by atoms with Crippen LogP contribution in [-0.2, 0) is 6.42 Å². The number of nitrogens with one attached hydrogen (secondary N) is 1. The molecule has 2 aliphatic heterocycles. The fourth-order valence-corrected chi connectivity index (χ4v) is 3.58. The van der Waals surface area contributed by atoms with Gasteiger partial charge in [0.1, 0.15) is 5.82 Å². The lowest BCUT2D eigenvalue weighted by atomic mass is 9.98. The number of hydrogen-bond donors (Lipinski definition) is 1. The SMILES string of the molecule is Fc1ccc2c(c1)N(CCC1CNc3ccccc31)CC2. The Hall–Kier alpha value is -2.03. The summed E-state index contributed by atoms with van der Waals surface area (Å²) in [6.07, 6.45) is 2.15. The zero-order valence-electron chi connectivity index (χ0n) is 12.0. The molecule has 0 amide bonds. The Morgan fingerprint density at radius 1 is 1.19 bits per heavy atom. The van der Waals surface area contributed by atoms with Gasteiger partial charge in [-0.25, -0.2) is 4.39 Å². The van der Waals surface area contributed by atoms with Gasteiger partial charge in [0.25, 0.3) is 0 Å². The van der Waals surface area contributed by atoms with Gasteiger partial charge in [0.05, 0.1) is 0 Å². The van der Waals surface area contributed by atoms with E-state index < -0.39 is 0 Å². The molecule has 0 fully saturated rings. The maximum atomic E-state index is 13.4. The molecule has 4 rings (SSSR count). The molecule has 0 aliphatic carbocycles. The minimum atomic E-state index is -0.131. The quantitative estimate of drug-likeness (QED) is 0.921. The van der Waals surface area contributed by atoms with Gasteiger partial charge in [0.15, 0.2) is 0 Å². The Morgan fingerprint density at radius 2 is 2.10 bits per heavy atom. The molecule has 2 aliphatic rings. The van der Waals surface area contributed by atoms with E-state index in [2.05, 4.69) is 34.5 Å². The summed E-state index contributed by atoms with van der Waals surface area (Å²) in [7, 11) is 0. The lowest BCUT2D eigenvalue weighted by Gasteiger charge is -2.21. The Labute approximate surface area is 124 Å². The van der Waals surface area contributed by atoms with E-state index in [0.29, 0.717) is 5.92 Å². The van der Waals surface area contributed by atoms with Crippen LogP contribution < -0.4 is 10.2 Å². The molecule has 0 bridgehead atoms. The van der Waals surface area contributed by atoms with Crippen LogP contribution in [-0.4, -0.2) is 19.6 Å². The molecule has 3 heteroatoms. The third-order valence-electron chi connectivity index (χ3n) is 4.73. The molecule has 1 unspecified atom stereocenters. The molecular weight excluding hydrogens is 263 g/mol. The summed E-state index contributed by atoms with van der Waals surface area (Å²) in [4.78, 5) is 2.33. The van der Waals surface area contributed by atoms with Crippen LogP contribution in [0.25, 0.3) is 0 Å². The van der Waals surface area contributed by atoms with Gasteiger partial charge in [0, 0.05) is 36.9 Å². The first-order valence-corrected chi connectivity index (χ1v) is 7.67. The van der Waals surface area contributed by atoms with Crippen molar-refractivity contribution in [2.24, 2.45) is 0 Å². The molecule has 21 heavy (non-hydrogen) atoms. The lowest BCUT2D eigenvalue weighted by molar-refractivity contribution is 0.625. The van der Waals surface area contributed by atoms with Crippen molar-refractivity contribution in [1.82, 2.24) is 0 Å². The van der Waals surface area contributed by atoms with Crippen LogP contribution in [0.2, 0.25) is 0 Å². The minimum Gasteiger partial charge on any atom is -0.384 e. The standard InChI is InChI=1S/C18H19FN2/c19-15-6-5-13-7-9-21(18(13)11-15)10-8-14-12-20-17-4-2-1-3-16(14)17/h1-6,11,14,20H,7-10,12H2. The summed E-state index contributed by atoms with van der Waals surface area (Å²) in [6.45, 7) is 3.03. The van der Waals surface area contributed by atoms with Crippen molar-refractivity contribution in [2.75, 3.05) is 29.9 Å². The molecule has 108 valence electrons. The number of rotatable bonds is 3. The van der Waals surface area contributed by atoms with E-state index in [9.17, 15) is 4.39 Å². The fraction of sp³-hybridized carbons (Fsp3) is 0.333. The average molecular weight is 282 g/mol. The molecule has 1 N–H and O–H groups in total. The molecule has 2 heterocycles. The van der Waals surface area contributed by atoms with Gasteiger partial charge in [-0.3, -0.25) is 0 Å². The van der Waals surface area contributed by atoms with Crippen molar-refractivity contribution in [2.45, 2.75) is 18.8 Å². The highest BCUT2D eigenvalue weighted by atomic mass is 19.1. The van der Waals surface area contributed by atoms with Crippen molar-refractivity contribution < 1.29 is 4.39 Å². The second-order valence-corrected chi connectivity index (χ2v) is 5.96. The van der Waals surface area contributed by atoms with Gasteiger partial charge in [-0.2, -0.15) is 0 Å². The van der Waals surface area contributed by atoms with Crippen molar-refractivity contribution in [3.05, 3.63) is 59.4 Å².